The van der Waals surface area contributed by atoms with Gasteiger partial charge in [-0.1, -0.05) is 125 Å². The molecule has 0 rings (SSSR count). The van der Waals surface area contributed by atoms with Crippen LogP contribution >= 0.6 is 21.6 Å². The molecular formula is C22H50O2S2Si2. The van der Waals surface area contributed by atoms with Gasteiger partial charge in [-0.05, 0) is 0 Å². The maximum atomic E-state index is 6.00. The topological polar surface area (TPSA) is 18.5 Å². The molecule has 0 heterocycles. The van der Waals surface area contributed by atoms with Crippen LogP contribution in [-0.4, -0.2) is 54.8 Å². The molecule has 0 saturated carbocycles. The van der Waals surface area contributed by atoms with Crippen molar-refractivity contribution in [2.45, 2.75) is 115 Å². The normalized spacial score (nSPS) is 14.1. The molecule has 2 atom stereocenters. The molecule has 0 spiro atoms. The van der Waals surface area contributed by atoms with Crippen molar-refractivity contribution in [2.24, 2.45) is 0 Å². The van der Waals surface area contributed by atoms with Gasteiger partial charge in [0, 0.05) is 25.7 Å². The average molecular weight is 467 g/mol. The van der Waals surface area contributed by atoms with E-state index in [1.807, 2.05) is 14.2 Å². The molecule has 6 heteroatoms. The van der Waals surface area contributed by atoms with Crippen molar-refractivity contribution in [1.29, 1.82) is 0 Å². The van der Waals surface area contributed by atoms with Crippen molar-refractivity contribution >= 4 is 39.2 Å². The molecule has 170 valence electrons. The van der Waals surface area contributed by atoms with Crippen molar-refractivity contribution in [3.05, 3.63) is 0 Å². The van der Waals surface area contributed by atoms with E-state index in [0.717, 1.165) is 0 Å². The number of ether oxygens (including phenoxy) is 2. The zero-order valence-electron chi connectivity index (χ0n) is 19.8. The highest BCUT2D eigenvalue weighted by Gasteiger charge is 2.24. The number of hydrogen-bond acceptors (Lipinski definition) is 4. The van der Waals surface area contributed by atoms with Crippen molar-refractivity contribution in [2.75, 3.05) is 25.7 Å². The first-order valence-electron chi connectivity index (χ1n) is 12.0. The third-order valence-electron chi connectivity index (χ3n) is 5.92. The van der Waals surface area contributed by atoms with Crippen LogP contribution < -0.4 is 0 Å². The van der Waals surface area contributed by atoms with Crippen LogP contribution in [0, 0.1) is 0 Å². The zero-order chi connectivity index (χ0) is 21.0. The molecule has 2 unspecified atom stereocenters. The quantitative estimate of drug-likeness (QED) is 0.102. The summed E-state index contributed by atoms with van der Waals surface area (Å²) in [6.07, 6.45) is 10.9. The average Bonchev–Trinajstić information content (AvgIpc) is 2.72. The lowest BCUT2D eigenvalue weighted by atomic mass is 10.4. The molecule has 0 N–H and O–H groups in total. The minimum Gasteiger partial charge on any atom is -0.384 e. The predicted octanol–water partition coefficient (Wildman–Crippen LogP) is 7.13. The maximum Gasteiger partial charge on any atom is 0.0728 e. The van der Waals surface area contributed by atoms with E-state index in [0.29, 0.717) is 11.5 Å². The van der Waals surface area contributed by atoms with E-state index in [-0.39, 0.29) is 0 Å². The molecule has 0 radical (unpaired) electrons. The Labute approximate surface area is 188 Å². The Morgan fingerprint density at radius 3 is 1.07 bits per heavy atom. The molecular weight excluding hydrogens is 417 g/mol. The van der Waals surface area contributed by atoms with Gasteiger partial charge in [0.05, 0.1) is 29.0 Å². The Morgan fingerprint density at radius 2 is 0.857 bits per heavy atom. The molecule has 0 aromatic rings. The van der Waals surface area contributed by atoms with E-state index in [9.17, 15) is 0 Å². The molecule has 0 aliphatic carbocycles. The SMILES string of the molecule is CCCC[SiH](CCCC)C(CSSCC(OC)[SiH](CCCC)CCCC)OC. The monoisotopic (exact) mass is 466 g/mol. The van der Waals surface area contributed by atoms with Crippen LogP contribution in [0.5, 0.6) is 0 Å². The van der Waals surface area contributed by atoms with E-state index in [1.165, 1.54) is 87.0 Å². The molecule has 0 aromatic carbocycles. The van der Waals surface area contributed by atoms with Crippen LogP contribution in [0.4, 0.5) is 0 Å². The first-order chi connectivity index (χ1) is 13.7. The second kappa shape index (κ2) is 21.3. The van der Waals surface area contributed by atoms with E-state index >= 15 is 0 Å². The highest BCUT2D eigenvalue weighted by molar-refractivity contribution is 8.76. The van der Waals surface area contributed by atoms with Crippen molar-refractivity contribution in [3.63, 3.8) is 0 Å². The Kier molecular flexibility index (Phi) is 22.1. The number of hydrogen-bond donors (Lipinski definition) is 0. The maximum absolute atomic E-state index is 6.00. The van der Waals surface area contributed by atoms with Gasteiger partial charge in [0.2, 0.25) is 0 Å². The fraction of sp³-hybridized carbons (Fsp3) is 1.00. The Bertz CT molecular complexity index is 279. The standard InChI is InChI=1S/C22H50O2S2Si2/c1-7-11-15-27(16-12-8-2)21(23-5)19-25-26-20-22(24-6)28(17-13-9-3)18-14-10-4/h21-22,27-28H,7-20H2,1-6H3. The third-order valence-corrected chi connectivity index (χ3v) is 16.7. The molecule has 0 aliphatic heterocycles. The van der Waals surface area contributed by atoms with E-state index in [1.54, 1.807) is 0 Å². The largest absolute Gasteiger partial charge is 0.384 e. The van der Waals surface area contributed by atoms with Gasteiger partial charge in [0.15, 0.2) is 0 Å². The summed E-state index contributed by atoms with van der Waals surface area (Å²) in [7, 11) is 6.44. The second-order valence-electron chi connectivity index (χ2n) is 8.21. The minimum absolute atomic E-state index is 0.546. The van der Waals surface area contributed by atoms with Crippen LogP contribution in [0.25, 0.3) is 0 Å². The van der Waals surface area contributed by atoms with Gasteiger partial charge in [-0.25, -0.2) is 0 Å². The van der Waals surface area contributed by atoms with E-state index in [4.69, 9.17) is 9.47 Å². The first-order valence-corrected chi connectivity index (χ1v) is 19.1. The predicted molar refractivity (Wildman–Crippen MR) is 140 cm³/mol. The van der Waals surface area contributed by atoms with Gasteiger partial charge in [-0.3, -0.25) is 0 Å². The molecule has 0 amide bonds. The highest BCUT2D eigenvalue weighted by Crippen LogP contribution is 2.29. The van der Waals surface area contributed by atoms with Gasteiger partial charge in [0.25, 0.3) is 0 Å². The van der Waals surface area contributed by atoms with Crippen LogP contribution in [0.3, 0.4) is 0 Å². The zero-order valence-corrected chi connectivity index (χ0v) is 23.8. The Balaban J connectivity index is 4.47. The summed E-state index contributed by atoms with van der Waals surface area (Å²) in [6.45, 7) is 9.28. The summed E-state index contributed by atoms with van der Waals surface area (Å²) in [5.41, 5.74) is 1.09. The molecule has 0 aliphatic rings. The van der Waals surface area contributed by atoms with Gasteiger partial charge in [-0.2, -0.15) is 0 Å². The summed E-state index contributed by atoms with van der Waals surface area (Å²) in [4.78, 5) is 0. The molecule has 0 fully saturated rings. The lowest BCUT2D eigenvalue weighted by molar-refractivity contribution is 0.177. The smallest absolute Gasteiger partial charge is 0.0728 e. The van der Waals surface area contributed by atoms with Crippen LogP contribution in [-0.2, 0) is 9.47 Å². The van der Waals surface area contributed by atoms with Gasteiger partial charge in [0.1, 0.15) is 0 Å². The molecule has 0 saturated heterocycles. The molecule has 0 bridgehead atoms. The fourth-order valence-electron chi connectivity index (χ4n) is 3.92. The minimum atomic E-state index is -0.788. The van der Waals surface area contributed by atoms with E-state index in [2.05, 4.69) is 49.3 Å². The molecule has 0 aromatic heterocycles. The van der Waals surface area contributed by atoms with E-state index < -0.39 is 17.6 Å². The summed E-state index contributed by atoms with van der Waals surface area (Å²) < 4.78 is 12.0. The van der Waals surface area contributed by atoms with Crippen molar-refractivity contribution in [3.8, 4) is 0 Å². The first kappa shape index (κ1) is 29.1. The summed E-state index contributed by atoms with van der Waals surface area (Å²) in [5.74, 6) is 2.36. The third kappa shape index (κ3) is 14.1. The number of unbranched alkanes of at least 4 members (excludes halogenated alkanes) is 4. The Hall–Kier alpha value is 1.05. The summed E-state index contributed by atoms with van der Waals surface area (Å²) >= 11 is 0. The van der Waals surface area contributed by atoms with Crippen LogP contribution in [0.15, 0.2) is 0 Å². The lowest BCUT2D eigenvalue weighted by Crippen LogP contribution is -2.35. The summed E-state index contributed by atoms with van der Waals surface area (Å²) in [6, 6.07) is 5.85. The number of rotatable bonds is 21. The van der Waals surface area contributed by atoms with Crippen molar-refractivity contribution in [1.82, 2.24) is 0 Å². The van der Waals surface area contributed by atoms with Crippen LogP contribution in [0.2, 0.25) is 24.2 Å². The van der Waals surface area contributed by atoms with Crippen molar-refractivity contribution < 1.29 is 9.47 Å². The van der Waals surface area contributed by atoms with Gasteiger partial charge >= 0.3 is 0 Å². The lowest BCUT2D eigenvalue weighted by Gasteiger charge is -2.26. The van der Waals surface area contributed by atoms with Crippen LogP contribution in [0.1, 0.15) is 79.1 Å². The second-order valence-corrected chi connectivity index (χ2v) is 17.6. The highest BCUT2D eigenvalue weighted by atomic mass is 33.1. The van der Waals surface area contributed by atoms with Gasteiger partial charge < -0.3 is 9.47 Å². The number of methoxy groups -OCH3 is 2. The fourth-order valence-corrected chi connectivity index (χ4v) is 16.2. The molecule has 2 nitrogen and oxygen atoms in total. The summed E-state index contributed by atoms with van der Waals surface area (Å²) in [5, 5.41) is 0. The Morgan fingerprint density at radius 1 is 0.571 bits per heavy atom. The molecule has 28 heavy (non-hydrogen) atoms. The van der Waals surface area contributed by atoms with Gasteiger partial charge in [-0.15, -0.1) is 0 Å².